The molecule has 2 N–H and O–H groups in total. The number of alkyl halides is 5. The molecule has 0 radical (unpaired) electrons. The SMILES string of the molecule is CN1CNNC1CC1(C2CCCC(N3CC4C(CC(OC(F)F)CC4C(F)(F)F)C3=O)C2)COC1. The molecule has 5 aliphatic rings. The summed E-state index contributed by atoms with van der Waals surface area (Å²) in [7, 11) is 2.04. The molecule has 3 aliphatic heterocycles. The van der Waals surface area contributed by atoms with Crippen LogP contribution in [0.4, 0.5) is 22.0 Å². The maximum atomic E-state index is 13.9. The Morgan fingerprint density at radius 2 is 1.97 bits per heavy atom. The predicted molar refractivity (Wildman–Crippen MR) is 115 cm³/mol. The lowest BCUT2D eigenvalue weighted by molar-refractivity contribution is -0.232. The number of halogens is 5. The van der Waals surface area contributed by atoms with Gasteiger partial charge in [-0.05, 0) is 57.4 Å². The van der Waals surface area contributed by atoms with Gasteiger partial charge in [-0.3, -0.25) is 9.69 Å². The molecule has 0 bridgehead atoms. The number of nitrogens with one attached hydrogen (secondary N) is 2. The van der Waals surface area contributed by atoms with Crippen LogP contribution < -0.4 is 10.9 Å². The summed E-state index contributed by atoms with van der Waals surface area (Å²) in [6.07, 6.45) is -1.91. The highest BCUT2D eigenvalue weighted by molar-refractivity contribution is 5.82. The lowest BCUT2D eigenvalue weighted by Crippen LogP contribution is -2.56. The van der Waals surface area contributed by atoms with E-state index < -0.39 is 43.1 Å². The molecule has 1 amide bonds. The van der Waals surface area contributed by atoms with Crippen molar-refractivity contribution in [3.63, 3.8) is 0 Å². The number of likely N-dealkylation sites (tertiary alicyclic amines) is 1. The first-order chi connectivity index (χ1) is 16.6. The summed E-state index contributed by atoms with van der Waals surface area (Å²) in [6, 6.07) is -0.125. The third-order valence-corrected chi connectivity index (χ3v) is 9.25. The molecule has 7 nitrogen and oxygen atoms in total. The van der Waals surface area contributed by atoms with Gasteiger partial charge in [0.2, 0.25) is 5.91 Å². The van der Waals surface area contributed by atoms with E-state index in [1.807, 2.05) is 7.05 Å². The Hall–Kier alpha value is -1.08. The third kappa shape index (κ3) is 4.93. The molecule has 5 fully saturated rings. The molecule has 0 aromatic rings. The second-order valence-electron chi connectivity index (χ2n) is 11.2. The predicted octanol–water partition coefficient (Wildman–Crippen LogP) is 2.93. The van der Waals surface area contributed by atoms with Crippen LogP contribution in [0.5, 0.6) is 0 Å². The first kappa shape index (κ1) is 25.6. The van der Waals surface area contributed by atoms with E-state index in [4.69, 9.17) is 4.74 Å². The topological polar surface area (TPSA) is 66.1 Å². The number of hydrogen-bond acceptors (Lipinski definition) is 6. The van der Waals surface area contributed by atoms with E-state index in [0.717, 1.165) is 38.8 Å². The second-order valence-corrected chi connectivity index (χ2v) is 11.2. The third-order valence-electron chi connectivity index (χ3n) is 9.25. The van der Waals surface area contributed by atoms with Crippen molar-refractivity contribution >= 4 is 5.91 Å². The van der Waals surface area contributed by atoms with E-state index in [1.165, 1.54) is 0 Å². The first-order valence-electron chi connectivity index (χ1n) is 12.6. The fraction of sp³-hybridized carbons (Fsp3) is 0.957. The zero-order valence-electron chi connectivity index (χ0n) is 19.9. The van der Waals surface area contributed by atoms with Gasteiger partial charge in [0, 0.05) is 23.9 Å². The summed E-state index contributed by atoms with van der Waals surface area (Å²) < 4.78 is 77.4. The molecular formula is C23H35F5N4O3. The van der Waals surface area contributed by atoms with Crippen LogP contribution >= 0.6 is 0 Å². The Morgan fingerprint density at radius 1 is 1.20 bits per heavy atom. The summed E-state index contributed by atoms with van der Waals surface area (Å²) in [5.41, 5.74) is 6.43. The largest absolute Gasteiger partial charge is 0.392 e. The fourth-order valence-corrected chi connectivity index (χ4v) is 7.31. The van der Waals surface area contributed by atoms with E-state index in [9.17, 15) is 26.7 Å². The number of hydrogen-bond donors (Lipinski definition) is 2. The molecule has 3 saturated heterocycles. The smallest absolute Gasteiger partial charge is 0.380 e. The van der Waals surface area contributed by atoms with Gasteiger partial charge in [0.05, 0.1) is 38.1 Å². The van der Waals surface area contributed by atoms with Crippen molar-refractivity contribution in [2.45, 2.75) is 76.0 Å². The van der Waals surface area contributed by atoms with Crippen LogP contribution in [0.3, 0.4) is 0 Å². The summed E-state index contributed by atoms with van der Waals surface area (Å²) in [5, 5.41) is 0. The number of hydrazine groups is 1. The van der Waals surface area contributed by atoms with Crippen LogP contribution in [0.15, 0.2) is 0 Å². The minimum Gasteiger partial charge on any atom is -0.380 e. The highest BCUT2D eigenvalue weighted by Gasteiger charge is 2.59. The number of nitrogens with zero attached hydrogens (tertiary/aromatic N) is 2. The Balaban J connectivity index is 1.30. The number of carbonyl (C=O) groups is 1. The number of ether oxygens (including phenoxy) is 2. The molecule has 0 aromatic heterocycles. The summed E-state index contributed by atoms with van der Waals surface area (Å²) in [6.45, 7) is -1.05. The molecule has 5 rings (SSSR count). The average molecular weight is 511 g/mol. The van der Waals surface area contributed by atoms with E-state index >= 15 is 0 Å². The van der Waals surface area contributed by atoms with Crippen LogP contribution in [-0.2, 0) is 14.3 Å². The molecular weight excluding hydrogens is 475 g/mol. The maximum absolute atomic E-state index is 13.9. The molecule has 2 aliphatic carbocycles. The number of carbonyl (C=O) groups excluding carboxylic acids is 1. The second kappa shape index (κ2) is 9.66. The van der Waals surface area contributed by atoms with Crippen molar-refractivity contribution in [1.82, 2.24) is 20.7 Å². The van der Waals surface area contributed by atoms with Crippen molar-refractivity contribution in [3.8, 4) is 0 Å². The Morgan fingerprint density at radius 3 is 2.57 bits per heavy atom. The molecule has 7 unspecified atom stereocenters. The van der Waals surface area contributed by atoms with Gasteiger partial charge in [-0.25, -0.2) is 10.9 Å². The highest BCUT2D eigenvalue weighted by atomic mass is 19.4. The van der Waals surface area contributed by atoms with E-state index in [0.29, 0.717) is 19.1 Å². The van der Waals surface area contributed by atoms with Crippen LogP contribution in [-0.4, -0.2) is 80.3 Å². The quantitative estimate of drug-likeness (QED) is 0.536. The maximum Gasteiger partial charge on any atom is 0.392 e. The molecule has 3 heterocycles. The van der Waals surface area contributed by atoms with E-state index in [2.05, 4.69) is 20.5 Å². The summed E-state index contributed by atoms with van der Waals surface area (Å²) in [5.74, 6) is -3.62. The lowest BCUT2D eigenvalue weighted by Gasteiger charge is -2.52. The zero-order valence-corrected chi connectivity index (χ0v) is 19.9. The number of rotatable bonds is 6. The van der Waals surface area contributed by atoms with Gasteiger partial charge in [-0.2, -0.15) is 22.0 Å². The monoisotopic (exact) mass is 510 g/mol. The molecule has 12 heteroatoms. The molecule has 35 heavy (non-hydrogen) atoms. The van der Waals surface area contributed by atoms with Gasteiger partial charge >= 0.3 is 12.8 Å². The minimum absolute atomic E-state index is 0.0170. The molecule has 2 saturated carbocycles. The number of fused-ring (bicyclic) bond motifs is 1. The van der Waals surface area contributed by atoms with Crippen molar-refractivity contribution < 1.29 is 36.2 Å². The molecule has 0 aromatic carbocycles. The van der Waals surface area contributed by atoms with Gasteiger partial charge in [-0.1, -0.05) is 6.42 Å². The van der Waals surface area contributed by atoms with Crippen molar-refractivity contribution in [3.05, 3.63) is 0 Å². The first-order valence-corrected chi connectivity index (χ1v) is 12.6. The van der Waals surface area contributed by atoms with Crippen LogP contribution in [0.2, 0.25) is 0 Å². The minimum atomic E-state index is -4.56. The van der Waals surface area contributed by atoms with E-state index in [-0.39, 0.29) is 36.5 Å². The normalized spacial score (nSPS) is 40.3. The van der Waals surface area contributed by atoms with Gasteiger partial charge in [-0.15, -0.1) is 0 Å². The van der Waals surface area contributed by atoms with Crippen molar-refractivity contribution in [2.24, 2.45) is 29.1 Å². The van der Waals surface area contributed by atoms with E-state index in [1.54, 1.807) is 4.90 Å². The Labute approximate surface area is 202 Å². The molecule has 200 valence electrons. The molecule has 0 spiro atoms. The lowest BCUT2D eigenvalue weighted by atomic mass is 9.64. The van der Waals surface area contributed by atoms with Gasteiger partial charge in [0.1, 0.15) is 0 Å². The van der Waals surface area contributed by atoms with Gasteiger partial charge < -0.3 is 14.4 Å². The van der Waals surface area contributed by atoms with Gasteiger partial charge in [0.15, 0.2) is 0 Å². The summed E-state index contributed by atoms with van der Waals surface area (Å²) >= 11 is 0. The average Bonchev–Trinajstić information content (AvgIpc) is 3.32. The van der Waals surface area contributed by atoms with Crippen LogP contribution in [0.25, 0.3) is 0 Å². The Kier molecular flexibility index (Phi) is 7.06. The van der Waals surface area contributed by atoms with Gasteiger partial charge in [0.25, 0.3) is 0 Å². The van der Waals surface area contributed by atoms with Crippen LogP contribution in [0, 0.1) is 29.1 Å². The standard InChI is InChI=1S/C23H35F5N4O3/c1-31-12-29-30-19(31)8-22(10-34-11-22)13-3-2-4-14(5-13)32-9-17-16(20(32)33)6-15(35-21(24)25)7-18(17)23(26,27)28/h13-19,21,29-30H,2-12H2,1H3. The summed E-state index contributed by atoms with van der Waals surface area (Å²) in [4.78, 5) is 17.2. The fourth-order valence-electron chi connectivity index (χ4n) is 7.31. The Bertz CT molecular complexity index is 783. The van der Waals surface area contributed by atoms with Crippen molar-refractivity contribution in [1.29, 1.82) is 0 Å². The van der Waals surface area contributed by atoms with Crippen molar-refractivity contribution in [2.75, 3.05) is 33.5 Å². The number of amides is 1. The molecule has 7 atom stereocenters. The zero-order chi connectivity index (χ0) is 25.0. The van der Waals surface area contributed by atoms with Crippen LogP contribution in [0.1, 0.15) is 44.9 Å². The highest BCUT2D eigenvalue weighted by Crippen LogP contribution is 2.52.